The number of hydrogen-bond donors (Lipinski definition) is 1. The first-order valence-electron chi connectivity index (χ1n) is 9.36. The lowest BCUT2D eigenvalue weighted by Gasteiger charge is -2.20. The van der Waals surface area contributed by atoms with E-state index in [0.29, 0.717) is 22.6 Å². The fourth-order valence-electron chi connectivity index (χ4n) is 3.38. The van der Waals surface area contributed by atoms with Crippen molar-refractivity contribution in [3.05, 3.63) is 52.6 Å². The van der Waals surface area contributed by atoms with Crippen LogP contribution in [-0.4, -0.2) is 28.1 Å². The van der Waals surface area contributed by atoms with Gasteiger partial charge in [-0.2, -0.15) is 0 Å². The van der Waals surface area contributed by atoms with Crippen LogP contribution in [0.15, 0.2) is 35.2 Å². The largest absolute Gasteiger partial charge is 0.495 e. The Balaban J connectivity index is 1.98. The Labute approximate surface area is 165 Å². The molecule has 0 saturated carbocycles. The van der Waals surface area contributed by atoms with E-state index in [4.69, 9.17) is 9.47 Å². The second-order valence-electron chi connectivity index (χ2n) is 6.83. The molecule has 0 bridgehead atoms. The lowest BCUT2D eigenvalue weighted by molar-refractivity contribution is 0.0526. The van der Waals surface area contributed by atoms with Gasteiger partial charge in [-0.25, -0.2) is 13.2 Å². The van der Waals surface area contributed by atoms with Crippen LogP contribution in [0.4, 0.5) is 5.69 Å². The number of esters is 1. The van der Waals surface area contributed by atoms with Gasteiger partial charge < -0.3 is 9.47 Å². The molecule has 0 aliphatic heterocycles. The van der Waals surface area contributed by atoms with Crippen molar-refractivity contribution < 1.29 is 22.7 Å². The van der Waals surface area contributed by atoms with Gasteiger partial charge in [-0.15, -0.1) is 0 Å². The third kappa shape index (κ3) is 4.14. The number of ether oxygens (including phenoxy) is 2. The van der Waals surface area contributed by atoms with E-state index in [2.05, 4.69) is 4.72 Å². The number of anilines is 1. The van der Waals surface area contributed by atoms with Crippen molar-refractivity contribution in [2.75, 3.05) is 18.4 Å². The van der Waals surface area contributed by atoms with Gasteiger partial charge in [-0.05, 0) is 80.5 Å². The number of benzene rings is 2. The second kappa shape index (κ2) is 8.22. The molecule has 0 radical (unpaired) electrons. The number of aryl methyl sites for hydroxylation is 3. The van der Waals surface area contributed by atoms with Gasteiger partial charge in [0.2, 0.25) is 0 Å². The van der Waals surface area contributed by atoms with Crippen LogP contribution in [-0.2, 0) is 27.6 Å². The standard InChI is InChI=1S/C21H25NO5S/c1-4-27-21(23)17-10-9-14(2)18(11-17)22-28(24,25)20-13-16-8-6-5-7-15(16)12-19(20)26-3/h9-13,22H,4-8H2,1-3H3. The third-order valence-electron chi connectivity index (χ3n) is 4.91. The highest BCUT2D eigenvalue weighted by molar-refractivity contribution is 7.92. The van der Waals surface area contributed by atoms with Gasteiger partial charge in [0.05, 0.1) is 25.0 Å². The van der Waals surface area contributed by atoms with E-state index in [1.165, 1.54) is 13.2 Å². The number of fused-ring (bicyclic) bond motifs is 1. The van der Waals surface area contributed by atoms with Crippen LogP contribution in [0.1, 0.15) is 46.8 Å². The van der Waals surface area contributed by atoms with Gasteiger partial charge in [0.15, 0.2) is 0 Å². The van der Waals surface area contributed by atoms with Crippen LogP contribution >= 0.6 is 0 Å². The fourth-order valence-corrected chi connectivity index (χ4v) is 4.71. The van der Waals surface area contributed by atoms with Crippen molar-refractivity contribution >= 4 is 21.7 Å². The molecule has 3 rings (SSSR count). The quantitative estimate of drug-likeness (QED) is 0.741. The molecule has 1 aliphatic carbocycles. The molecule has 2 aromatic rings. The molecule has 6 nitrogen and oxygen atoms in total. The highest BCUT2D eigenvalue weighted by Gasteiger charge is 2.24. The first kappa shape index (κ1) is 20.2. The van der Waals surface area contributed by atoms with Crippen molar-refractivity contribution in [2.45, 2.75) is 44.4 Å². The molecule has 1 aliphatic rings. The van der Waals surface area contributed by atoms with E-state index in [-0.39, 0.29) is 11.5 Å². The Hall–Kier alpha value is -2.54. The van der Waals surface area contributed by atoms with Crippen LogP contribution in [0.2, 0.25) is 0 Å². The summed E-state index contributed by atoms with van der Waals surface area (Å²) >= 11 is 0. The molecule has 0 atom stereocenters. The van der Waals surface area contributed by atoms with Gasteiger partial charge in [-0.3, -0.25) is 4.72 Å². The lowest BCUT2D eigenvalue weighted by Crippen LogP contribution is -2.17. The maximum absolute atomic E-state index is 13.1. The predicted molar refractivity (Wildman–Crippen MR) is 108 cm³/mol. The highest BCUT2D eigenvalue weighted by atomic mass is 32.2. The van der Waals surface area contributed by atoms with E-state index in [1.807, 2.05) is 6.07 Å². The number of rotatable bonds is 6. The molecule has 0 heterocycles. The van der Waals surface area contributed by atoms with Crippen LogP contribution in [0, 0.1) is 6.92 Å². The SMILES string of the molecule is CCOC(=O)c1ccc(C)c(NS(=O)(=O)c2cc3c(cc2OC)CCCC3)c1. The van der Waals surface area contributed by atoms with Crippen LogP contribution < -0.4 is 9.46 Å². The Morgan fingerprint density at radius 3 is 2.43 bits per heavy atom. The number of methoxy groups -OCH3 is 1. The predicted octanol–water partition coefficient (Wildman–Crippen LogP) is 3.86. The summed E-state index contributed by atoms with van der Waals surface area (Å²) in [7, 11) is -2.43. The Kier molecular flexibility index (Phi) is 5.93. The van der Waals surface area contributed by atoms with E-state index in [0.717, 1.165) is 36.8 Å². The van der Waals surface area contributed by atoms with Gasteiger partial charge in [0, 0.05) is 0 Å². The lowest BCUT2D eigenvalue weighted by atomic mass is 9.92. The van der Waals surface area contributed by atoms with E-state index >= 15 is 0 Å². The zero-order valence-corrected chi connectivity index (χ0v) is 17.2. The molecule has 7 heteroatoms. The molecular formula is C21H25NO5S. The molecule has 0 saturated heterocycles. The van der Waals surface area contributed by atoms with E-state index in [1.54, 1.807) is 32.0 Å². The number of carbonyl (C=O) groups excluding carboxylic acids is 1. The molecule has 2 aromatic carbocycles. The Bertz CT molecular complexity index is 998. The summed E-state index contributed by atoms with van der Waals surface area (Å²) in [6.07, 6.45) is 3.94. The Morgan fingerprint density at radius 1 is 1.11 bits per heavy atom. The summed E-state index contributed by atoms with van der Waals surface area (Å²) in [5, 5.41) is 0. The maximum Gasteiger partial charge on any atom is 0.338 e. The second-order valence-corrected chi connectivity index (χ2v) is 8.49. The normalized spacial score (nSPS) is 13.5. The van der Waals surface area contributed by atoms with Crippen LogP contribution in [0.25, 0.3) is 0 Å². The minimum atomic E-state index is -3.89. The summed E-state index contributed by atoms with van der Waals surface area (Å²) in [6.45, 7) is 3.75. The summed E-state index contributed by atoms with van der Waals surface area (Å²) < 4.78 is 39.2. The zero-order chi connectivity index (χ0) is 20.3. The van der Waals surface area contributed by atoms with Gasteiger partial charge >= 0.3 is 5.97 Å². The number of nitrogens with one attached hydrogen (secondary N) is 1. The molecule has 0 aromatic heterocycles. The molecule has 1 N–H and O–H groups in total. The average Bonchev–Trinajstić information content (AvgIpc) is 2.68. The minimum absolute atomic E-state index is 0.108. The van der Waals surface area contributed by atoms with Crippen LogP contribution in [0.5, 0.6) is 5.75 Å². The minimum Gasteiger partial charge on any atom is -0.495 e. The first-order valence-corrected chi connectivity index (χ1v) is 10.8. The number of carbonyl (C=O) groups is 1. The molecule has 0 amide bonds. The van der Waals surface area contributed by atoms with Gasteiger partial charge in [0.25, 0.3) is 10.0 Å². The van der Waals surface area contributed by atoms with Crippen molar-refractivity contribution in [2.24, 2.45) is 0 Å². The van der Waals surface area contributed by atoms with Crippen molar-refractivity contribution in [1.29, 1.82) is 0 Å². The van der Waals surface area contributed by atoms with Crippen molar-refractivity contribution in [3.63, 3.8) is 0 Å². The smallest absolute Gasteiger partial charge is 0.338 e. The molecule has 150 valence electrons. The summed E-state index contributed by atoms with van der Waals surface area (Å²) in [5.74, 6) is -0.165. The fraction of sp³-hybridized carbons (Fsp3) is 0.381. The van der Waals surface area contributed by atoms with Crippen molar-refractivity contribution in [3.8, 4) is 5.75 Å². The van der Waals surface area contributed by atoms with Crippen LogP contribution in [0.3, 0.4) is 0 Å². The first-order chi connectivity index (χ1) is 13.4. The number of hydrogen-bond acceptors (Lipinski definition) is 5. The molecule has 0 fully saturated rings. The Morgan fingerprint density at radius 2 is 1.79 bits per heavy atom. The van der Waals surface area contributed by atoms with Gasteiger partial charge in [0.1, 0.15) is 10.6 Å². The summed E-state index contributed by atoms with van der Waals surface area (Å²) in [4.78, 5) is 12.1. The topological polar surface area (TPSA) is 81.7 Å². The summed E-state index contributed by atoms with van der Waals surface area (Å²) in [5.41, 5.74) is 3.52. The monoisotopic (exact) mass is 403 g/mol. The molecule has 0 unspecified atom stereocenters. The van der Waals surface area contributed by atoms with E-state index < -0.39 is 16.0 Å². The zero-order valence-electron chi connectivity index (χ0n) is 16.4. The van der Waals surface area contributed by atoms with E-state index in [9.17, 15) is 13.2 Å². The van der Waals surface area contributed by atoms with Crippen molar-refractivity contribution in [1.82, 2.24) is 0 Å². The molecule has 28 heavy (non-hydrogen) atoms. The van der Waals surface area contributed by atoms with Gasteiger partial charge in [-0.1, -0.05) is 6.07 Å². The average molecular weight is 404 g/mol. The highest BCUT2D eigenvalue weighted by Crippen LogP contribution is 2.33. The number of sulfonamides is 1. The maximum atomic E-state index is 13.1. The molecular weight excluding hydrogens is 378 g/mol. The molecule has 0 spiro atoms. The third-order valence-corrected chi connectivity index (χ3v) is 6.30. The summed E-state index contributed by atoms with van der Waals surface area (Å²) in [6, 6.07) is 8.33.